The zero-order chi connectivity index (χ0) is 20.1. The molecule has 0 saturated heterocycles. The van der Waals surface area contributed by atoms with Crippen LogP contribution in [-0.2, 0) is 14.3 Å². The first-order chi connectivity index (χ1) is 12.8. The summed E-state index contributed by atoms with van der Waals surface area (Å²) in [5.41, 5.74) is 1.64. The number of ketones is 1. The molecule has 1 aromatic carbocycles. The van der Waals surface area contributed by atoms with E-state index in [1.165, 1.54) is 14.0 Å². The Morgan fingerprint density at radius 2 is 2.04 bits per heavy atom. The Morgan fingerprint density at radius 1 is 1.33 bits per heavy atom. The fraction of sp³-hybridized carbons (Fsp3) is 0.389. The van der Waals surface area contributed by atoms with Gasteiger partial charge in [0.05, 0.1) is 19.8 Å². The third-order valence-electron chi connectivity index (χ3n) is 3.87. The Labute approximate surface area is 168 Å². The van der Waals surface area contributed by atoms with Crippen LogP contribution in [-0.4, -0.2) is 37.2 Å². The third kappa shape index (κ3) is 4.90. The molecule has 1 atom stereocenters. The predicted octanol–water partition coefficient (Wildman–Crippen LogP) is 2.67. The quantitative estimate of drug-likeness (QED) is 0.522. The predicted molar refractivity (Wildman–Crippen MR) is 105 cm³/mol. The van der Waals surface area contributed by atoms with E-state index in [2.05, 4.69) is 10.6 Å². The summed E-state index contributed by atoms with van der Waals surface area (Å²) in [6.07, 6.45) is 0. The highest BCUT2D eigenvalue weighted by Crippen LogP contribution is 2.41. The Morgan fingerprint density at radius 3 is 2.63 bits per heavy atom. The van der Waals surface area contributed by atoms with Gasteiger partial charge in [-0.25, -0.2) is 4.79 Å². The van der Waals surface area contributed by atoms with Crippen molar-refractivity contribution in [1.82, 2.24) is 10.6 Å². The van der Waals surface area contributed by atoms with Gasteiger partial charge in [-0.15, -0.1) is 0 Å². The van der Waals surface area contributed by atoms with Crippen molar-refractivity contribution in [3.05, 3.63) is 34.0 Å². The van der Waals surface area contributed by atoms with Gasteiger partial charge in [0.1, 0.15) is 0 Å². The molecule has 1 unspecified atom stereocenters. The van der Waals surface area contributed by atoms with E-state index in [1.807, 2.05) is 0 Å². The monoisotopic (exact) mass is 412 g/mol. The number of ether oxygens (including phenoxy) is 3. The lowest BCUT2D eigenvalue weighted by Gasteiger charge is -2.31. The van der Waals surface area contributed by atoms with Crippen LogP contribution >= 0.6 is 23.8 Å². The number of carbonyl (C=O) groups is 2. The van der Waals surface area contributed by atoms with Crippen LogP contribution in [0, 0.1) is 0 Å². The second-order valence-corrected chi connectivity index (χ2v) is 6.59. The van der Waals surface area contributed by atoms with Crippen LogP contribution in [0.15, 0.2) is 23.4 Å². The molecule has 0 aromatic heterocycles. The van der Waals surface area contributed by atoms with E-state index in [9.17, 15) is 9.59 Å². The molecule has 1 aromatic rings. The number of halogens is 1. The van der Waals surface area contributed by atoms with Gasteiger partial charge >= 0.3 is 5.97 Å². The standard InChI is InChI=1S/C18H21ClN2O5S/c1-5-25-14(23)8-26-17-12(6-11(19)7-13(17)24-4)16-15(10(3)22)9(2)20-18(27)21-16/h6-7,16H,5,8H2,1-4H3,(H2,20,21,27). The Hall–Kier alpha value is -2.32. The van der Waals surface area contributed by atoms with Crippen LogP contribution in [0.25, 0.3) is 0 Å². The average Bonchev–Trinajstić information content (AvgIpc) is 2.58. The van der Waals surface area contributed by atoms with E-state index in [4.69, 9.17) is 38.0 Å². The molecule has 0 bridgehead atoms. The second kappa shape index (κ2) is 9.05. The smallest absolute Gasteiger partial charge is 0.344 e. The zero-order valence-corrected chi connectivity index (χ0v) is 17.0. The van der Waals surface area contributed by atoms with Crippen molar-refractivity contribution in [2.45, 2.75) is 26.8 Å². The van der Waals surface area contributed by atoms with Crippen molar-refractivity contribution < 1.29 is 23.8 Å². The van der Waals surface area contributed by atoms with E-state index in [-0.39, 0.29) is 24.7 Å². The van der Waals surface area contributed by atoms with E-state index < -0.39 is 12.0 Å². The van der Waals surface area contributed by atoms with Gasteiger partial charge in [-0.3, -0.25) is 4.79 Å². The van der Waals surface area contributed by atoms with Gasteiger partial charge in [0.15, 0.2) is 29.0 Å². The molecule has 1 heterocycles. The van der Waals surface area contributed by atoms with E-state index in [0.717, 1.165) is 0 Å². The number of Topliss-reactive ketones (excluding diaryl/α,β-unsaturated/α-hetero) is 1. The lowest BCUT2D eigenvalue weighted by atomic mass is 9.92. The lowest BCUT2D eigenvalue weighted by molar-refractivity contribution is -0.145. The number of benzene rings is 1. The number of hydrogen-bond acceptors (Lipinski definition) is 6. The molecule has 0 saturated carbocycles. The maximum absolute atomic E-state index is 12.2. The van der Waals surface area contributed by atoms with Gasteiger partial charge in [0.25, 0.3) is 0 Å². The summed E-state index contributed by atoms with van der Waals surface area (Å²) in [7, 11) is 1.46. The zero-order valence-electron chi connectivity index (χ0n) is 15.5. The number of allylic oxidation sites excluding steroid dienone is 1. The van der Waals surface area contributed by atoms with Crippen LogP contribution in [0.2, 0.25) is 5.02 Å². The Balaban J connectivity index is 2.55. The number of methoxy groups -OCH3 is 1. The molecule has 146 valence electrons. The van der Waals surface area contributed by atoms with Gasteiger partial charge in [-0.2, -0.15) is 0 Å². The molecular formula is C18H21ClN2O5S. The van der Waals surface area contributed by atoms with Gasteiger partial charge in [0, 0.05) is 27.9 Å². The van der Waals surface area contributed by atoms with E-state index >= 15 is 0 Å². The number of carbonyl (C=O) groups excluding carboxylic acids is 2. The summed E-state index contributed by atoms with van der Waals surface area (Å²) < 4.78 is 15.9. The molecule has 2 rings (SSSR count). The van der Waals surface area contributed by atoms with E-state index in [1.54, 1.807) is 26.0 Å². The summed E-state index contributed by atoms with van der Waals surface area (Å²) in [4.78, 5) is 24.0. The third-order valence-corrected chi connectivity index (χ3v) is 4.31. The Bertz CT molecular complexity index is 809. The second-order valence-electron chi connectivity index (χ2n) is 5.75. The van der Waals surface area contributed by atoms with Crippen molar-refractivity contribution in [3.63, 3.8) is 0 Å². The van der Waals surface area contributed by atoms with Gasteiger partial charge in [0.2, 0.25) is 0 Å². The minimum Gasteiger partial charge on any atom is -0.493 e. The SMILES string of the molecule is CCOC(=O)COc1c(OC)cc(Cl)cc1C1NC(=S)NC(C)=C1C(C)=O. The normalized spacial score (nSPS) is 16.3. The Kier molecular flexibility index (Phi) is 7.04. The summed E-state index contributed by atoms with van der Waals surface area (Å²) in [6.45, 7) is 4.86. The first kappa shape index (κ1) is 21.0. The highest BCUT2D eigenvalue weighted by molar-refractivity contribution is 7.80. The first-order valence-corrected chi connectivity index (χ1v) is 9.02. The number of nitrogens with one attached hydrogen (secondary N) is 2. The van der Waals surface area contributed by atoms with Crippen LogP contribution in [0.1, 0.15) is 32.4 Å². The van der Waals surface area contributed by atoms with Gasteiger partial charge in [-0.05, 0) is 39.1 Å². The number of thiocarbonyl (C=S) groups is 1. The summed E-state index contributed by atoms with van der Waals surface area (Å²) >= 11 is 11.5. The van der Waals surface area contributed by atoms with Crippen molar-refractivity contribution >= 4 is 40.7 Å². The number of hydrogen-bond donors (Lipinski definition) is 2. The van der Waals surface area contributed by atoms with Crippen LogP contribution < -0.4 is 20.1 Å². The minimum absolute atomic E-state index is 0.143. The average molecular weight is 413 g/mol. The largest absolute Gasteiger partial charge is 0.493 e. The molecule has 0 spiro atoms. The highest BCUT2D eigenvalue weighted by atomic mass is 35.5. The topological polar surface area (TPSA) is 85.9 Å². The van der Waals surface area contributed by atoms with Gasteiger partial charge in [-0.1, -0.05) is 11.6 Å². The summed E-state index contributed by atoms with van der Waals surface area (Å²) in [5.74, 6) is -0.0552. The van der Waals surface area contributed by atoms with Crippen LogP contribution in [0.4, 0.5) is 0 Å². The molecule has 0 aliphatic carbocycles. The van der Waals surface area contributed by atoms with Crippen molar-refractivity contribution in [1.29, 1.82) is 0 Å². The maximum atomic E-state index is 12.2. The van der Waals surface area contributed by atoms with Gasteiger partial charge < -0.3 is 24.8 Å². The number of esters is 1. The molecular weight excluding hydrogens is 392 g/mol. The number of rotatable bonds is 7. The molecule has 1 aliphatic rings. The molecule has 7 nitrogen and oxygen atoms in total. The maximum Gasteiger partial charge on any atom is 0.344 e. The molecule has 2 N–H and O–H groups in total. The minimum atomic E-state index is -0.610. The lowest BCUT2D eigenvalue weighted by Crippen LogP contribution is -2.44. The van der Waals surface area contributed by atoms with Crippen LogP contribution in [0.3, 0.4) is 0 Å². The van der Waals surface area contributed by atoms with Crippen molar-refractivity contribution in [2.75, 3.05) is 20.3 Å². The fourth-order valence-electron chi connectivity index (χ4n) is 2.84. The summed E-state index contributed by atoms with van der Waals surface area (Å²) in [6, 6.07) is 2.60. The molecule has 0 radical (unpaired) electrons. The molecule has 27 heavy (non-hydrogen) atoms. The molecule has 0 amide bonds. The van der Waals surface area contributed by atoms with E-state index in [0.29, 0.717) is 32.7 Å². The molecule has 1 aliphatic heterocycles. The fourth-order valence-corrected chi connectivity index (χ4v) is 3.32. The summed E-state index contributed by atoms with van der Waals surface area (Å²) in [5, 5.41) is 6.74. The van der Waals surface area contributed by atoms with Crippen LogP contribution in [0.5, 0.6) is 11.5 Å². The molecule has 9 heteroatoms. The first-order valence-electron chi connectivity index (χ1n) is 8.23. The van der Waals surface area contributed by atoms with Crippen molar-refractivity contribution in [2.24, 2.45) is 0 Å². The molecule has 0 fully saturated rings. The highest BCUT2D eigenvalue weighted by Gasteiger charge is 2.31. The van der Waals surface area contributed by atoms with Crippen molar-refractivity contribution in [3.8, 4) is 11.5 Å².